The first-order valence-electron chi connectivity index (χ1n) is 8.64. The molecule has 1 aliphatic heterocycles. The molecule has 2 unspecified atom stereocenters. The van der Waals surface area contributed by atoms with Crippen LogP contribution in [-0.2, 0) is 12.6 Å². The Labute approximate surface area is 160 Å². The Hall–Kier alpha value is -1.90. The van der Waals surface area contributed by atoms with Gasteiger partial charge in [0, 0.05) is 28.9 Å². The van der Waals surface area contributed by atoms with Gasteiger partial charge < -0.3 is 15.7 Å². The normalized spacial score (nSPS) is 20.5. The number of alkyl halides is 3. The van der Waals surface area contributed by atoms with Crippen molar-refractivity contribution >= 4 is 23.1 Å². The quantitative estimate of drug-likeness (QED) is 0.712. The Kier molecular flexibility index (Phi) is 6.18. The van der Waals surface area contributed by atoms with Gasteiger partial charge in [-0.1, -0.05) is 17.7 Å². The molecule has 1 saturated heterocycles. The molecule has 1 aliphatic rings. The highest BCUT2D eigenvalue weighted by atomic mass is 35.5. The summed E-state index contributed by atoms with van der Waals surface area (Å²) < 4.78 is 40.6. The lowest BCUT2D eigenvalue weighted by Crippen LogP contribution is -2.41. The van der Waals surface area contributed by atoms with E-state index in [1.54, 1.807) is 24.3 Å². The van der Waals surface area contributed by atoms with Crippen LogP contribution in [0.15, 0.2) is 30.6 Å². The Morgan fingerprint density at radius 2 is 2.11 bits per heavy atom. The highest BCUT2D eigenvalue weighted by Crippen LogP contribution is 2.35. The van der Waals surface area contributed by atoms with E-state index in [1.165, 1.54) is 0 Å². The fraction of sp³-hybridized carbons (Fsp3) is 0.444. The van der Waals surface area contributed by atoms with Gasteiger partial charge in [0.15, 0.2) is 5.69 Å². The zero-order valence-electron chi connectivity index (χ0n) is 14.4. The lowest BCUT2D eigenvalue weighted by Gasteiger charge is -2.30. The van der Waals surface area contributed by atoms with Crippen molar-refractivity contribution in [1.29, 1.82) is 0 Å². The number of nitrogens with zero attached hydrogens (tertiary/aromatic N) is 2. The lowest BCUT2D eigenvalue weighted by atomic mass is 9.89. The van der Waals surface area contributed by atoms with Crippen LogP contribution >= 0.6 is 11.6 Å². The molecule has 0 bridgehead atoms. The average Bonchev–Trinajstić information content (AvgIpc) is 2.62. The van der Waals surface area contributed by atoms with E-state index in [9.17, 15) is 18.3 Å². The van der Waals surface area contributed by atoms with Gasteiger partial charge in [0.25, 0.3) is 0 Å². The summed E-state index contributed by atoms with van der Waals surface area (Å²) in [7, 11) is 0. The second-order valence-electron chi connectivity index (χ2n) is 6.61. The van der Waals surface area contributed by atoms with Crippen LogP contribution in [0.3, 0.4) is 0 Å². The molecule has 3 N–H and O–H groups in total. The van der Waals surface area contributed by atoms with Gasteiger partial charge in [-0.2, -0.15) is 13.2 Å². The van der Waals surface area contributed by atoms with Crippen LogP contribution in [0.4, 0.5) is 24.7 Å². The first-order chi connectivity index (χ1) is 12.9. The van der Waals surface area contributed by atoms with Crippen LogP contribution in [-0.4, -0.2) is 34.3 Å². The summed E-state index contributed by atoms with van der Waals surface area (Å²) in [6.45, 7) is 0.686. The summed E-state index contributed by atoms with van der Waals surface area (Å²) in [6, 6.07) is 6.50. The molecule has 0 radical (unpaired) electrons. The van der Waals surface area contributed by atoms with Gasteiger partial charge in [-0.05, 0) is 49.9 Å². The number of anilines is 2. The minimum atomic E-state index is -4.59. The van der Waals surface area contributed by atoms with Gasteiger partial charge in [-0.25, -0.2) is 9.97 Å². The maximum atomic E-state index is 13.5. The first kappa shape index (κ1) is 19.9. The third-order valence-electron chi connectivity index (χ3n) is 4.61. The van der Waals surface area contributed by atoms with E-state index < -0.39 is 11.9 Å². The summed E-state index contributed by atoms with van der Waals surface area (Å²) in [5.74, 6) is 0.187. The summed E-state index contributed by atoms with van der Waals surface area (Å²) in [5.41, 5.74) is -0.406. The van der Waals surface area contributed by atoms with E-state index >= 15 is 0 Å². The SMILES string of the molecule is OCC1CCNC(Cc2c(Nc3cccc(Cl)c3)ncnc2C(F)(F)F)C1. The van der Waals surface area contributed by atoms with Crippen LogP contribution in [0, 0.1) is 5.92 Å². The van der Waals surface area contributed by atoms with Crippen molar-refractivity contribution < 1.29 is 18.3 Å². The zero-order valence-corrected chi connectivity index (χ0v) is 15.2. The number of aliphatic hydroxyl groups excluding tert-OH is 1. The molecule has 5 nitrogen and oxygen atoms in total. The second kappa shape index (κ2) is 8.41. The highest BCUT2D eigenvalue weighted by Gasteiger charge is 2.37. The molecule has 1 fully saturated rings. The predicted molar refractivity (Wildman–Crippen MR) is 97.1 cm³/mol. The summed E-state index contributed by atoms with van der Waals surface area (Å²) in [4.78, 5) is 7.54. The molecule has 0 saturated carbocycles. The molecule has 146 valence electrons. The molecule has 0 aliphatic carbocycles. The average molecular weight is 401 g/mol. The summed E-state index contributed by atoms with van der Waals surface area (Å²) >= 11 is 5.96. The van der Waals surface area contributed by atoms with Gasteiger partial charge in [-0.15, -0.1) is 0 Å². The molecule has 0 amide bonds. The number of aliphatic hydroxyl groups is 1. The number of rotatable bonds is 5. The number of piperidine rings is 1. The number of nitrogens with one attached hydrogen (secondary N) is 2. The van der Waals surface area contributed by atoms with Crippen LogP contribution in [0.25, 0.3) is 0 Å². The Morgan fingerprint density at radius 1 is 1.30 bits per heavy atom. The van der Waals surface area contributed by atoms with Crippen molar-refractivity contribution in [3.8, 4) is 0 Å². The predicted octanol–water partition coefficient (Wildman–Crippen LogP) is 3.80. The maximum absolute atomic E-state index is 13.5. The van der Waals surface area contributed by atoms with Gasteiger partial charge >= 0.3 is 6.18 Å². The molecule has 2 atom stereocenters. The Bertz CT molecular complexity index is 787. The molecule has 2 aromatic rings. The smallest absolute Gasteiger partial charge is 0.396 e. The van der Waals surface area contributed by atoms with Crippen LogP contribution < -0.4 is 10.6 Å². The molecule has 27 heavy (non-hydrogen) atoms. The van der Waals surface area contributed by atoms with E-state index in [0.717, 1.165) is 12.7 Å². The van der Waals surface area contributed by atoms with E-state index in [0.29, 0.717) is 23.7 Å². The van der Waals surface area contributed by atoms with Gasteiger partial charge in [0.1, 0.15) is 12.1 Å². The lowest BCUT2D eigenvalue weighted by molar-refractivity contribution is -0.141. The van der Waals surface area contributed by atoms with Crippen molar-refractivity contribution in [3.63, 3.8) is 0 Å². The number of benzene rings is 1. The number of aromatic nitrogens is 2. The Morgan fingerprint density at radius 3 is 2.81 bits per heavy atom. The Balaban J connectivity index is 1.93. The molecule has 1 aromatic carbocycles. The zero-order chi connectivity index (χ0) is 19.4. The summed E-state index contributed by atoms with van der Waals surface area (Å²) in [6.07, 6.45) is -2.18. The number of hydrogen-bond donors (Lipinski definition) is 3. The summed E-state index contributed by atoms with van der Waals surface area (Å²) in [5, 5.41) is 16.0. The van der Waals surface area contributed by atoms with Gasteiger partial charge in [0.05, 0.1) is 0 Å². The van der Waals surface area contributed by atoms with E-state index in [2.05, 4.69) is 20.6 Å². The van der Waals surface area contributed by atoms with Crippen LogP contribution in [0.5, 0.6) is 0 Å². The molecule has 9 heteroatoms. The maximum Gasteiger partial charge on any atom is 0.433 e. The monoisotopic (exact) mass is 400 g/mol. The van der Waals surface area contributed by atoms with Crippen LogP contribution in [0.2, 0.25) is 5.02 Å². The van der Waals surface area contributed by atoms with E-state index in [4.69, 9.17) is 11.6 Å². The number of halogens is 4. The highest BCUT2D eigenvalue weighted by molar-refractivity contribution is 6.30. The molecule has 0 spiro atoms. The van der Waals surface area contributed by atoms with Crippen molar-refractivity contribution in [2.24, 2.45) is 5.92 Å². The number of hydrogen-bond acceptors (Lipinski definition) is 5. The molecular weight excluding hydrogens is 381 g/mol. The largest absolute Gasteiger partial charge is 0.433 e. The molecule has 1 aromatic heterocycles. The molecule has 3 rings (SSSR count). The van der Waals surface area contributed by atoms with Crippen molar-refractivity contribution in [2.45, 2.75) is 31.5 Å². The van der Waals surface area contributed by atoms with Crippen molar-refractivity contribution in [2.75, 3.05) is 18.5 Å². The van der Waals surface area contributed by atoms with E-state index in [-0.39, 0.29) is 36.4 Å². The minimum Gasteiger partial charge on any atom is -0.396 e. The molecular formula is C18H20ClF3N4O. The third kappa shape index (κ3) is 5.09. The second-order valence-corrected chi connectivity index (χ2v) is 7.05. The fourth-order valence-electron chi connectivity index (χ4n) is 3.32. The van der Waals surface area contributed by atoms with Gasteiger partial charge in [0.2, 0.25) is 0 Å². The van der Waals surface area contributed by atoms with Crippen molar-refractivity contribution in [3.05, 3.63) is 46.9 Å². The third-order valence-corrected chi connectivity index (χ3v) is 4.85. The standard InChI is InChI=1S/C18H20ClF3N4O/c19-12-2-1-3-13(7-12)26-17-15(16(18(20,21)22)24-10-25-17)8-14-6-11(9-27)4-5-23-14/h1-3,7,10-11,14,23,27H,4-6,8-9H2,(H,24,25,26). The molecule has 2 heterocycles. The minimum absolute atomic E-state index is 0.000986. The van der Waals surface area contributed by atoms with E-state index in [1.807, 2.05) is 0 Å². The fourth-order valence-corrected chi connectivity index (χ4v) is 3.51. The topological polar surface area (TPSA) is 70.1 Å². The van der Waals surface area contributed by atoms with Gasteiger partial charge in [-0.3, -0.25) is 0 Å². The van der Waals surface area contributed by atoms with Crippen LogP contribution in [0.1, 0.15) is 24.1 Å². The first-order valence-corrected chi connectivity index (χ1v) is 9.02. The van der Waals surface area contributed by atoms with Crippen molar-refractivity contribution in [1.82, 2.24) is 15.3 Å².